The molecule has 0 unspecified atom stereocenters. The molecule has 6 rings (SSSR count). The highest BCUT2D eigenvalue weighted by atomic mass is 32.2. The van der Waals surface area contributed by atoms with Crippen LogP contribution in [0.2, 0.25) is 0 Å². The van der Waals surface area contributed by atoms with E-state index in [0.29, 0.717) is 41.1 Å². The number of nitrogens with zero attached hydrogens (tertiary/aromatic N) is 4. The monoisotopic (exact) mass is 497 g/mol. The number of halogens is 2. The van der Waals surface area contributed by atoms with Gasteiger partial charge in [-0.25, -0.2) is 21.2 Å². The third-order valence-corrected chi connectivity index (χ3v) is 9.39. The lowest BCUT2D eigenvalue weighted by molar-refractivity contribution is 0.517. The summed E-state index contributed by atoms with van der Waals surface area (Å²) in [4.78, 5) is 0. The predicted molar refractivity (Wildman–Crippen MR) is 130 cm³/mol. The summed E-state index contributed by atoms with van der Waals surface area (Å²) >= 11 is 0. The first-order valence-electron chi connectivity index (χ1n) is 11.7. The minimum absolute atomic E-state index is 0.147. The van der Waals surface area contributed by atoms with Gasteiger partial charge < -0.3 is 5.32 Å². The Bertz CT molecular complexity index is 1610. The number of aromatic nitrogens is 4. The Balaban J connectivity index is 1.58. The molecule has 0 amide bonds. The molecule has 3 heterocycles. The van der Waals surface area contributed by atoms with Gasteiger partial charge in [-0.1, -0.05) is 25.0 Å². The third kappa shape index (κ3) is 3.08. The first kappa shape index (κ1) is 22.2. The molecule has 0 bridgehead atoms. The fourth-order valence-corrected chi connectivity index (χ4v) is 7.44. The summed E-state index contributed by atoms with van der Waals surface area (Å²) in [5, 5.41) is 11.5. The van der Waals surface area contributed by atoms with E-state index in [1.807, 2.05) is 13.8 Å². The first-order chi connectivity index (χ1) is 16.6. The van der Waals surface area contributed by atoms with Gasteiger partial charge in [0.05, 0.1) is 27.6 Å². The van der Waals surface area contributed by atoms with Gasteiger partial charge in [0.2, 0.25) is 10.0 Å². The van der Waals surface area contributed by atoms with Crippen molar-refractivity contribution in [3.8, 4) is 16.8 Å². The zero-order chi connectivity index (χ0) is 24.7. The molecular formula is C25H25F2N5O2S. The largest absolute Gasteiger partial charge is 0.371 e. The Morgan fingerprint density at radius 2 is 1.86 bits per heavy atom. The van der Waals surface area contributed by atoms with Gasteiger partial charge in [0.15, 0.2) is 11.6 Å². The molecule has 1 saturated carbocycles. The van der Waals surface area contributed by atoms with Crippen LogP contribution >= 0.6 is 0 Å². The SMILES string of the molecule is Cc1nnc2n1-c1c(cc(F)c(-c3cccc4c3ccn4S(=O)(=O)C3CCCC3)c1F)NC2(C)C. The number of anilines is 1. The van der Waals surface area contributed by atoms with Crippen molar-refractivity contribution in [2.75, 3.05) is 5.32 Å². The second kappa shape index (κ2) is 7.36. The molecule has 35 heavy (non-hydrogen) atoms. The van der Waals surface area contributed by atoms with Crippen LogP contribution in [0.4, 0.5) is 14.5 Å². The van der Waals surface area contributed by atoms with Gasteiger partial charge in [0, 0.05) is 17.6 Å². The Hall–Kier alpha value is -3.27. The summed E-state index contributed by atoms with van der Waals surface area (Å²) in [7, 11) is -3.61. The summed E-state index contributed by atoms with van der Waals surface area (Å²) in [5.74, 6) is -0.492. The van der Waals surface area contributed by atoms with E-state index in [-0.39, 0.29) is 16.8 Å². The van der Waals surface area contributed by atoms with E-state index in [1.165, 1.54) is 16.2 Å². The number of hydrogen-bond acceptors (Lipinski definition) is 5. The topological polar surface area (TPSA) is 81.8 Å². The van der Waals surface area contributed by atoms with Crippen molar-refractivity contribution >= 4 is 26.6 Å². The predicted octanol–water partition coefficient (Wildman–Crippen LogP) is 5.26. The number of rotatable bonds is 3. The minimum atomic E-state index is -3.61. The maximum atomic E-state index is 16.2. The van der Waals surface area contributed by atoms with Crippen LogP contribution in [-0.4, -0.2) is 32.4 Å². The summed E-state index contributed by atoms with van der Waals surface area (Å²) in [6, 6.07) is 7.82. The van der Waals surface area contributed by atoms with Crippen molar-refractivity contribution in [2.45, 2.75) is 57.2 Å². The molecule has 1 N–H and O–H groups in total. The molecule has 2 aliphatic rings. The Kier molecular flexibility index (Phi) is 4.67. The van der Waals surface area contributed by atoms with Crippen LogP contribution in [0.25, 0.3) is 27.7 Å². The molecule has 7 nitrogen and oxygen atoms in total. The normalized spacial score (nSPS) is 17.4. The molecule has 0 spiro atoms. The maximum Gasteiger partial charge on any atom is 0.241 e. The van der Waals surface area contributed by atoms with Gasteiger partial charge in [-0.3, -0.25) is 4.57 Å². The molecule has 182 valence electrons. The van der Waals surface area contributed by atoms with Crippen LogP contribution in [0, 0.1) is 18.6 Å². The molecule has 4 aromatic rings. The lowest BCUT2D eigenvalue weighted by atomic mass is 9.95. The van der Waals surface area contributed by atoms with Crippen molar-refractivity contribution in [2.24, 2.45) is 0 Å². The van der Waals surface area contributed by atoms with Crippen molar-refractivity contribution in [3.05, 3.63) is 59.8 Å². The van der Waals surface area contributed by atoms with Crippen molar-refractivity contribution < 1.29 is 17.2 Å². The van der Waals surface area contributed by atoms with Crippen molar-refractivity contribution in [1.29, 1.82) is 0 Å². The molecule has 1 aliphatic heterocycles. The van der Waals surface area contributed by atoms with E-state index in [1.54, 1.807) is 35.8 Å². The highest BCUT2D eigenvalue weighted by Crippen LogP contribution is 2.43. The average Bonchev–Trinajstić information content (AvgIpc) is 3.54. The van der Waals surface area contributed by atoms with E-state index in [9.17, 15) is 8.42 Å². The molecule has 2 aromatic heterocycles. The number of aryl methyl sites for hydroxylation is 1. The zero-order valence-electron chi connectivity index (χ0n) is 19.6. The Morgan fingerprint density at radius 3 is 2.60 bits per heavy atom. The number of fused-ring (bicyclic) bond motifs is 4. The maximum absolute atomic E-state index is 16.2. The third-order valence-electron chi connectivity index (χ3n) is 7.21. The molecule has 10 heteroatoms. The molecule has 0 atom stereocenters. The van der Waals surface area contributed by atoms with Crippen LogP contribution in [-0.2, 0) is 15.6 Å². The van der Waals surface area contributed by atoms with Crippen LogP contribution in [0.1, 0.15) is 51.2 Å². The molecule has 1 aliphatic carbocycles. The van der Waals surface area contributed by atoms with Gasteiger partial charge in [-0.05, 0) is 51.3 Å². The molecular weight excluding hydrogens is 472 g/mol. The summed E-state index contributed by atoms with van der Waals surface area (Å²) in [6.07, 6.45) is 4.51. The van der Waals surface area contributed by atoms with E-state index in [2.05, 4.69) is 15.5 Å². The molecule has 1 fully saturated rings. The molecule has 0 saturated heterocycles. The second-order valence-electron chi connectivity index (χ2n) is 9.90. The van der Waals surface area contributed by atoms with E-state index < -0.39 is 32.4 Å². The lowest BCUT2D eigenvalue weighted by Gasteiger charge is -2.34. The quantitative estimate of drug-likeness (QED) is 0.418. The van der Waals surface area contributed by atoms with E-state index in [4.69, 9.17) is 0 Å². The average molecular weight is 498 g/mol. The highest BCUT2D eigenvalue weighted by Gasteiger charge is 2.38. The molecule has 2 aromatic carbocycles. The number of hydrogen-bond donors (Lipinski definition) is 1. The van der Waals surface area contributed by atoms with Gasteiger partial charge in [0.1, 0.15) is 17.3 Å². The first-order valence-corrected chi connectivity index (χ1v) is 13.2. The fourth-order valence-electron chi connectivity index (χ4n) is 5.53. The van der Waals surface area contributed by atoms with Gasteiger partial charge in [-0.15, -0.1) is 10.2 Å². The van der Waals surface area contributed by atoms with E-state index in [0.717, 1.165) is 12.8 Å². The highest BCUT2D eigenvalue weighted by molar-refractivity contribution is 7.90. The Morgan fingerprint density at radius 1 is 1.11 bits per heavy atom. The standard InChI is InChI=1S/C25H25F2N5O2S/c1-14-29-30-24-25(2,3)28-19-13-18(26)21(22(27)23(19)32(14)24)17-9-6-10-20-16(17)11-12-31(20)35(33,34)15-7-4-5-8-15/h6,9-13,15,28H,4-5,7-8H2,1-3H3. The minimum Gasteiger partial charge on any atom is -0.371 e. The molecule has 0 radical (unpaired) electrons. The number of nitrogens with one attached hydrogen (secondary N) is 1. The van der Waals surface area contributed by atoms with Gasteiger partial charge >= 0.3 is 0 Å². The lowest BCUT2D eigenvalue weighted by Crippen LogP contribution is -2.36. The van der Waals surface area contributed by atoms with E-state index >= 15 is 8.78 Å². The summed E-state index contributed by atoms with van der Waals surface area (Å²) in [5.41, 5.74) is 0.251. The number of benzene rings is 2. The van der Waals surface area contributed by atoms with Crippen LogP contribution < -0.4 is 5.32 Å². The van der Waals surface area contributed by atoms with Crippen molar-refractivity contribution in [3.63, 3.8) is 0 Å². The van der Waals surface area contributed by atoms with Crippen LogP contribution in [0.5, 0.6) is 0 Å². The smallest absolute Gasteiger partial charge is 0.241 e. The zero-order valence-corrected chi connectivity index (χ0v) is 20.5. The second-order valence-corrected chi connectivity index (χ2v) is 12.0. The van der Waals surface area contributed by atoms with Gasteiger partial charge in [0.25, 0.3) is 0 Å². The fraction of sp³-hybridized carbons (Fsp3) is 0.360. The van der Waals surface area contributed by atoms with Crippen LogP contribution in [0.3, 0.4) is 0 Å². The Labute approximate surface area is 201 Å². The summed E-state index contributed by atoms with van der Waals surface area (Å²) in [6.45, 7) is 5.46. The van der Waals surface area contributed by atoms with Gasteiger partial charge in [-0.2, -0.15) is 0 Å². The van der Waals surface area contributed by atoms with Crippen LogP contribution in [0.15, 0.2) is 36.5 Å². The summed E-state index contributed by atoms with van der Waals surface area (Å²) < 4.78 is 61.2. The van der Waals surface area contributed by atoms with Crippen molar-refractivity contribution in [1.82, 2.24) is 18.7 Å².